The van der Waals surface area contributed by atoms with Crippen LogP contribution in [-0.4, -0.2) is 55.7 Å². The van der Waals surface area contributed by atoms with Crippen molar-refractivity contribution in [3.63, 3.8) is 0 Å². The minimum absolute atomic E-state index is 0.182. The standard InChI is InChI=1S/C33H33N7O6/c1-19(2)26(27(42)29-38-39-31(46-29)33(3,4)22-15-21-13-9-10-14-23(21)34-16-22)37-25(41)18-40-28(20-11-7-6-8-12-20)35-17-24(30(40)43)36-32(44)45-5/h6-17,19,26H,18H2,1-5H3,(H,36,44)(H,37,41)/t26-/m1/s1. The summed E-state index contributed by atoms with van der Waals surface area (Å²) in [6, 6.07) is 17.4. The van der Waals surface area contributed by atoms with Gasteiger partial charge in [-0.1, -0.05) is 62.4 Å². The van der Waals surface area contributed by atoms with E-state index in [1.54, 1.807) is 50.4 Å². The van der Waals surface area contributed by atoms with Gasteiger partial charge in [0.2, 0.25) is 17.6 Å². The predicted octanol–water partition coefficient (Wildman–Crippen LogP) is 4.37. The SMILES string of the molecule is COC(=O)Nc1cnc(-c2ccccc2)n(CC(=O)N[C@@H](C(=O)c2nnc(C(C)(C)c3cnc4ccccc4c3)o2)C(C)C)c1=O. The van der Waals surface area contributed by atoms with E-state index in [1.807, 2.05) is 44.2 Å². The van der Waals surface area contributed by atoms with Crippen LogP contribution >= 0.6 is 0 Å². The highest BCUT2D eigenvalue weighted by Crippen LogP contribution is 2.32. The van der Waals surface area contributed by atoms with Crippen LogP contribution in [0.4, 0.5) is 10.5 Å². The number of pyridine rings is 1. The van der Waals surface area contributed by atoms with Crippen molar-refractivity contribution in [1.29, 1.82) is 0 Å². The number of aromatic nitrogens is 5. The van der Waals surface area contributed by atoms with Gasteiger partial charge < -0.3 is 14.5 Å². The molecule has 3 aromatic heterocycles. The molecule has 13 nitrogen and oxygen atoms in total. The first-order chi connectivity index (χ1) is 22.0. The summed E-state index contributed by atoms with van der Waals surface area (Å²) in [5.74, 6) is -1.46. The summed E-state index contributed by atoms with van der Waals surface area (Å²) in [7, 11) is 1.16. The van der Waals surface area contributed by atoms with Crippen molar-refractivity contribution in [3.8, 4) is 11.4 Å². The number of para-hydroxylation sites is 1. The van der Waals surface area contributed by atoms with Gasteiger partial charge in [0, 0.05) is 17.1 Å². The van der Waals surface area contributed by atoms with Gasteiger partial charge in [0.15, 0.2) is 0 Å². The summed E-state index contributed by atoms with van der Waals surface area (Å²) in [6.45, 7) is 6.80. The Morgan fingerprint density at radius 1 is 0.978 bits per heavy atom. The van der Waals surface area contributed by atoms with Crippen LogP contribution < -0.4 is 16.2 Å². The number of Topliss-reactive ketones (excluding diaryl/α,β-unsaturated/α-hetero) is 1. The van der Waals surface area contributed by atoms with Crippen LogP contribution in [0.5, 0.6) is 0 Å². The molecule has 1 atom stereocenters. The van der Waals surface area contributed by atoms with E-state index in [1.165, 1.54) is 6.20 Å². The summed E-state index contributed by atoms with van der Waals surface area (Å²) in [6.07, 6.45) is 2.06. The second-order valence-corrected chi connectivity index (χ2v) is 11.5. The molecule has 0 spiro atoms. The molecule has 2 N–H and O–H groups in total. The van der Waals surface area contributed by atoms with Crippen LogP contribution in [-0.2, 0) is 21.5 Å². The van der Waals surface area contributed by atoms with Gasteiger partial charge in [-0.25, -0.2) is 9.78 Å². The lowest BCUT2D eigenvalue weighted by Gasteiger charge is -2.21. The van der Waals surface area contributed by atoms with E-state index in [-0.39, 0.29) is 29.2 Å². The molecule has 0 aliphatic carbocycles. The molecule has 0 saturated carbocycles. The molecule has 0 aliphatic rings. The van der Waals surface area contributed by atoms with Crippen LogP contribution in [0.3, 0.4) is 0 Å². The Labute approximate surface area is 264 Å². The summed E-state index contributed by atoms with van der Waals surface area (Å²) in [5, 5.41) is 14.2. The number of hydrogen-bond acceptors (Lipinski definition) is 10. The van der Waals surface area contributed by atoms with Gasteiger partial charge in [0.1, 0.15) is 18.1 Å². The van der Waals surface area contributed by atoms with Crippen LogP contribution in [0.1, 0.15) is 49.8 Å². The Balaban J connectivity index is 1.39. The fourth-order valence-electron chi connectivity index (χ4n) is 4.85. The quantitative estimate of drug-likeness (QED) is 0.213. The molecular formula is C33H33N7O6. The number of methoxy groups -OCH3 is 1. The Morgan fingerprint density at radius 3 is 2.41 bits per heavy atom. The maximum Gasteiger partial charge on any atom is 0.411 e. The lowest BCUT2D eigenvalue weighted by atomic mass is 9.85. The molecule has 0 fully saturated rings. The molecule has 0 aliphatic heterocycles. The molecule has 3 heterocycles. The monoisotopic (exact) mass is 623 g/mol. The second kappa shape index (κ2) is 13.1. The van der Waals surface area contributed by atoms with Crippen LogP contribution in [0.15, 0.2) is 82.3 Å². The molecule has 0 radical (unpaired) electrons. The van der Waals surface area contributed by atoms with Gasteiger partial charge in [-0.15, -0.1) is 10.2 Å². The number of benzene rings is 2. The van der Waals surface area contributed by atoms with E-state index < -0.39 is 41.3 Å². The third-order valence-electron chi connectivity index (χ3n) is 7.55. The first-order valence-corrected chi connectivity index (χ1v) is 14.5. The average molecular weight is 624 g/mol. The summed E-state index contributed by atoms with van der Waals surface area (Å²) < 4.78 is 11.6. The largest absolute Gasteiger partial charge is 0.453 e. The van der Waals surface area contributed by atoms with Crippen molar-refractivity contribution < 1.29 is 23.5 Å². The maximum atomic E-state index is 13.6. The number of carbonyl (C=O) groups is 3. The Bertz CT molecular complexity index is 1970. The first kappa shape index (κ1) is 31.7. The number of rotatable bonds is 10. The zero-order chi connectivity index (χ0) is 33.0. The predicted molar refractivity (Wildman–Crippen MR) is 169 cm³/mol. The molecule has 5 rings (SSSR count). The highest BCUT2D eigenvalue weighted by molar-refractivity contribution is 5.98. The number of nitrogens with one attached hydrogen (secondary N) is 2. The zero-order valence-corrected chi connectivity index (χ0v) is 26.0. The number of hydrogen-bond donors (Lipinski definition) is 2. The lowest BCUT2D eigenvalue weighted by Crippen LogP contribution is -2.46. The molecule has 0 bridgehead atoms. The molecule has 13 heteroatoms. The summed E-state index contributed by atoms with van der Waals surface area (Å²) >= 11 is 0. The number of ketones is 1. The molecular weight excluding hydrogens is 590 g/mol. The number of nitrogens with zero attached hydrogens (tertiary/aromatic N) is 5. The van der Waals surface area contributed by atoms with Crippen molar-refractivity contribution >= 4 is 34.4 Å². The molecule has 0 saturated heterocycles. The van der Waals surface area contributed by atoms with Gasteiger partial charge in [-0.05, 0) is 37.5 Å². The third-order valence-corrected chi connectivity index (χ3v) is 7.55. The second-order valence-electron chi connectivity index (χ2n) is 11.5. The Morgan fingerprint density at radius 2 is 1.70 bits per heavy atom. The van der Waals surface area contributed by atoms with Crippen LogP contribution in [0.2, 0.25) is 0 Å². The number of amides is 2. The molecule has 2 amide bonds. The van der Waals surface area contributed by atoms with Crippen molar-refractivity contribution in [1.82, 2.24) is 30.0 Å². The van der Waals surface area contributed by atoms with E-state index in [0.717, 1.165) is 28.1 Å². The first-order valence-electron chi connectivity index (χ1n) is 14.5. The summed E-state index contributed by atoms with van der Waals surface area (Å²) in [5.41, 5.74) is 0.590. The van der Waals surface area contributed by atoms with E-state index >= 15 is 0 Å². The van der Waals surface area contributed by atoms with E-state index in [4.69, 9.17) is 4.42 Å². The van der Waals surface area contributed by atoms with Crippen molar-refractivity contribution in [2.45, 2.75) is 45.7 Å². The van der Waals surface area contributed by atoms with E-state index in [2.05, 4.69) is 35.5 Å². The lowest BCUT2D eigenvalue weighted by molar-refractivity contribution is -0.122. The average Bonchev–Trinajstić information content (AvgIpc) is 3.57. The normalized spacial score (nSPS) is 12.1. The van der Waals surface area contributed by atoms with Crippen LogP contribution in [0, 0.1) is 5.92 Å². The van der Waals surface area contributed by atoms with Crippen molar-refractivity contribution in [2.75, 3.05) is 12.4 Å². The minimum atomic E-state index is -1.05. The van der Waals surface area contributed by atoms with Gasteiger partial charge >= 0.3 is 6.09 Å². The maximum absolute atomic E-state index is 13.6. The minimum Gasteiger partial charge on any atom is -0.453 e. The fourth-order valence-corrected chi connectivity index (χ4v) is 4.85. The Hall–Kier alpha value is -5.72. The fraction of sp³-hybridized carbons (Fsp3) is 0.273. The topological polar surface area (TPSA) is 171 Å². The van der Waals surface area contributed by atoms with Crippen LogP contribution in [0.25, 0.3) is 22.3 Å². The van der Waals surface area contributed by atoms with E-state index in [0.29, 0.717) is 5.56 Å². The van der Waals surface area contributed by atoms with Gasteiger partial charge in [-0.2, -0.15) is 0 Å². The summed E-state index contributed by atoms with van der Waals surface area (Å²) in [4.78, 5) is 61.1. The van der Waals surface area contributed by atoms with E-state index in [9.17, 15) is 19.2 Å². The number of anilines is 1. The molecule has 2 aromatic carbocycles. The van der Waals surface area contributed by atoms with Crippen molar-refractivity contribution in [3.05, 3.63) is 101 Å². The zero-order valence-electron chi connectivity index (χ0n) is 26.0. The highest BCUT2D eigenvalue weighted by Gasteiger charge is 2.34. The molecule has 5 aromatic rings. The van der Waals surface area contributed by atoms with Gasteiger partial charge in [0.25, 0.3) is 11.4 Å². The number of ether oxygens (including phenoxy) is 1. The number of carbonyl (C=O) groups excluding carboxylic acids is 3. The Kier molecular flexibility index (Phi) is 9.03. The smallest absolute Gasteiger partial charge is 0.411 e. The molecule has 46 heavy (non-hydrogen) atoms. The highest BCUT2D eigenvalue weighted by atomic mass is 16.5. The molecule has 236 valence electrons. The third kappa shape index (κ3) is 6.53. The molecule has 0 unspecified atom stereocenters. The number of fused-ring (bicyclic) bond motifs is 1. The van der Waals surface area contributed by atoms with Gasteiger partial charge in [0.05, 0.1) is 30.3 Å². The van der Waals surface area contributed by atoms with Crippen molar-refractivity contribution in [2.24, 2.45) is 5.92 Å². The van der Waals surface area contributed by atoms with Gasteiger partial charge in [-0.3, -0.25) is 29.3 Å².